The normalized spacial score (nSPS) is 13.6. The van der Waals surface area contributed by atoms with Crippen LogP contribution in [-0.4, -0.2) is 16.1 Å². The Kier molecular flexibility index (Phi) is 5.34. The Labute approximate surface area is 191 Å². The van der Waals surface area contributed by atoms with Gasteiger partial charge in [-0.15, -0.1) is 0 Å². The van der Waals surface area contributed by atoms with Gasteiger partial charge in [-0.2, -0.15) is 5.26 Å². The van der Waals surface area contributed by atoms with Crippen molar-refractivity contribution in [2.45, 2.75) is 19.4 Å². The van der Waals surface area contributed by atoms with Gasteiger partial charge in [0.25, 0.3) is 0 Å². The van der Waals surface area contributed by atoms with E-state index in [0.717, 1.165) is 45.3 Å². The summed E-state index contributed by atoms with van der Waals surface area (Å²) in [6, 6.07) is 23.7. The van der Waals surface area contributed by atoms with Crippen LogP contribution in [-0.2, 0) is 17.8 Å². The second-order valence-electron chi connectivity index (χ2n) is 7.98. The van der Waals surface area contributed by atoms with Crippen LogP contribution in [0.25, 0.3) is 22.6 Å². The minimum atomic E-state index is -0.375. The number of aromatic nitrogens is 1. The number of aromatic hydroxyl groups is 1. The zero-order chi connectivity index (χ0) is 22.8. The fraction of sp³-hybridized carbons (Fsp3) is 0.107. The van der Waals surface area contributed by atoms with Crippen LogP contribution in [0.15, 0.2) is 72.8 Å². The number of phenolic OH excluding ortho intramolecular Hbond substituents is 1. The van der Waals surface area contributed by atoms with Crippen LogP contribution in [0.3, 0.4) is 0 Å². The number of carbonyl (C=O) groups is 1. The summed E-state index contributed by atoms with van der Waals surface area (Å²) in [5.41, 5.74) is 6.47. The maximum absolute atomic E-state index is 13.3. The van der Waals surface area contributed by atoms with E-state index in [1.807, 2.05) is 36.4 Å². The Hall–Kier alpha value is -4.43. The summed E-state index contributed by atoms with van der Waals surface area (Å²) in [6.07, 6.45) is 3.53. The number of pyridine rings is 1. The topological polar surface area (TPSA) is 83.2 Å². The summed E-state index contributed by atoms with van der Waals surface area (Å²) in [5.74, 6) is -0.152. The quantitative estimate of drug-likeness (QED) is 0.421. The fourth-order valence-electron chi connectivity index (χ4n) is 4.18. The first kappa shape index (κ1) is 20.5. The number of hydrogen-bond acceptors (Lipinski definition) is 5. The van der Waals surface area contributed by atoms with Crippen molar-refractivity contribution in [2.75, 3.05) is 0 Å². The second kappa shape index (κ2) is 8.60. The van der Waals surface area contributed by atoms with Crippen LogP contribution in [0, 0.1) is 11.3 Å². The van der Waals surface area contributed by atoms with Crippen molar-refractivity contribution in [3.05, 3.63) is 106 Å². The molecule has 0 bridgehead atoms. The minimum absolute atomic E-state index is 0.131. The van der Waals surface area contributed by atoms with Crippen molar-refractivity contribution in [1.29, 1.82) is 5.26 Å². The van der Waals surface area contributed by atoms with Crippen LogP contribution in [0.5, 0.6) is 5.75 Å². The number of allylic oxidation sites excluding steroid dienone is 1. The number of rotatable bonds is 4. The number of benzene rings is 3. The Bertz CT molecular complexity index is 1430. The number of fused-ring (bicyclic) bond motifs is 2. The lowest BCUT2D eigenvalue weighted by atomic mass is 10.0. The molecule has 0 radical (unpaired) electrons. The molecular weight excluding hydrogens is 412 g/mol. The van der Waals surface area contributed by atoms with Gasteiger partial charge in [0.1, 0.15) is 12.4 Å². The van der Waals surface area contributed by atoms with Crippen LogP contribution in [0.4, 0.5) is 0 Å². The molecule has 0 fully saturated rings. The molecule has 0 aliphatic heterocycles. The van der Waals surface area contributed by atoms with E-state index in [1.165, 1.54) is 0 Å². The average Bonchev–Trinajstić information content (AvgIpc) is 3.24. The number of esters is 1. The van der Waals surface area contributed by atoms with E-state index >= 15 is 0 Å². The maximum atomic E-state index is 13.3. The van der Waals surface area contributed by atoms with Crippen molar-refractivity contribution < 1.29 is 14.6 Å². The predicted molar refractivity (Wildman–Crippen MR) is 126 cm³/mol. The second-order valence-corrected chi connectivity index (χ2v) is 7.98. The first-order chi connectivity index (χ1) is 16.1. The number of phenols is 1. The number of carbonyl (C=O) groups excluding carboxylic acids is 1. The monoisotopic (exact) mass is 432 g/mol. The van der Waals surface area contributed by atoms with Gasteiger partial charge in [0.05, 0.1) is 28.4 Å². The van der Waals surface area contributed by atoms with Gasteiger partial charge in [-0.3, -0.25) is 0 Å². The lowest BCUT2D eigenvalue weighted by Gasteiger charge is -2.12. The third-order valence-electron chi connectivity index (χ3n) is 5.83. The number of para-hydroxylation sites is 1. The van der Waals surface area contributed by atoms with E-state index in [-0.39, 0.29) is 18.3 Å². The van der Waals surface area contributed by atoms with Gasteiger partial charge in [0.2, 0.25) is 0 Å². The highest BCUT2D eigenvalue weighted by atomic mass is 16.5. The fourth-order valence-corrected chi connectivity index (χ4v) is 4.18. The summed E-state index contributed by atoms with van der Waals surface area (Å²) in [7, 11) is 0. The van der Waals surface area contributed by atoms with Crippen molar-refractivity contribution >= 4 is 28.5 Å². The van der Waals surface area contributed by atoms with Crippen LogP contribution in [0.2, 0.25) is 0 Å². The standard InChI is InChI=1S/C28H20N2O3/c29-16-19-5-7-20(8-6-19)17-33-28(32)26-23-3-1-2-4-25(23)30-27-21(11-14-24(26)27)15-18-9-12-22(31)13-10-18/h1-10,12-13,15,31H,11,14,17H2. The molecule has 0 atom stereocenters. The zero-order valence-corrected chi connectivity index (χ0v) is 17.8. The van der Waals surface area contributed by atoms with Gasteiger partial charge in [0, 0.05) is 5.39 Å². The number of ether oxygens (including phenoxy) is 1. The smallest absolute Gasteiger partial charge is 0.339 e. The van der Waals surface area contributed by atoms with Gasteiger partial charge in [-0.1, -0.05) is 42.5 Å². The largest absolute Gasteiger partial charge is 0.508 e. The maximum Gasteiger partial charge on any atom is 0.339 e. The highest BCUT2D eigenvalue weighted by Gasteiger charge is 2.27. The van der Waals surface area contributed by atoms with E-state index in [1.54, 1.807) is 36.4 Å². The first-order valence-corrected chi connectivity index (χ1v) is 10.7. The van der Waals surface area contributed by atoms with E-state index < -0.39 is 0 Å². The van der Waals surface area contributed by atoms with E-state index in [9.17, 15) is 9.90 Å². The number of hydrogen-bond donors (Lipinski definition) is 1. The third-order valence-corrected chi connectivity index (χ3v) is 5.83. The summed E-state index contributed by atoms with van der Waals surface area (Å²) >= 11 is 0. The molecule has 1 heterocycles. The lowest BCUT2D eigenvalue weighted by Crippen LogP contribution is -2.10. The molecule has 1 aromatic heterocycles. The van der Waals surface area contributed by atoms with Gasteiger partial charge in [0.15, 0.2) is 0 Å². The SMILES string of the molecule is N#Cc1ccc(COC(=O)c2c3c(nc4ccccc24)C(=Cc2ccc(O)cc2)CC3)cc1. The third kappa shape index (κ3) is 4.07. The molecule has 1 aliphatic carbocycles. The van der Waals surface area contributed by atoms with Crippen molar-refractivity contribution in [3.8, 4) is 11.8 Å². The Morgan fingerprint density at radius 3 is 2.55 bits per heavy atom. The molecule has 0 saturated heterocycles. The van der Waals surface area contributed by atoms with Crippen LogP contribution >= 0.6 is 0 Å². The molecule has 0 saturated carbocycles. The summed E-state index contributed by atoms with van der Waals surface area (Å²) in [5, 5.41) is 19.3. The summed E-state index contributed by atoms with van der Waals surface area (Å²) < 4.78 is 5.69. The van der Waals surface area contributed by atoms with Crippen LogP contribution < -0.4 is 0 Å². The molecule has 33 heavy (non-hydrogen) atoms. The van der Waals surface area contributed by atoms with Crippen molar-refractivity contribution in [3.63, 3.8) is 0 Å². The predicted octanol–water partition coefficient (Wildman–Crippen LogP) is 5.66. The Morgan fingerprint density at radius 2 is 1.79 bits per heavy atom. The van der Waals surface area contributed by atoms with Gasteiger partial charge < -0.3 is 9.84 Å². The van der Waals surface area contributed by atoms with Gasteiger partial charge >= 0.3 is 5.97 Å². The zero-order valence-electron chi connectivity index (χ0n) is 17.8. The lowest BCUT2D eigenvalue weighted by molar-refractivity contribution is 0.0474. The summed E-state index contributed by atoms with van der Waals surface area (Å²) in [6.45, 7) is 0.131. The minimum Gasteiger partial charge on any atom is -0.508 e. The molecule has 1 N–H and O–H groups in total. The molecule has 0 spiro atoms. The Balaban J connectivity index is 1.51. The first-order valence-electron chi connectivity index (χ1n) is 10.7. The molecule has 3 aromatic carbocycles. The molecule has 5 nitrogen and oxygen atoms in total. The Morgan fingerprint density at radius 1 is 1.03 bits per heavy atom. The van der Waals surface area contributed by atoms with Gasteiger partial charge in [-0.05, 0) is 71.5 Å². The molecular formula is C28H20N2O3. The van der Waals surface area contributed by atoms with Crippen LogP contribution in [0.1, 0.15) is 44.7 Å². The molecule has 5 rings (SSSR count). The van der Waals surface area contributed by atoms with Gasteiger partial charge in [-0.25, -0.2) is 9.78 Å². The van der Waals surface area contributed by atoms with E-state index in [0.29, 0.717) is 17.5 Å². The molecule has 5 heteroatoms. The molecule has 160 valence electrons. The van der Waals surface area contributed by atoms with E-state index in [2.05, 4.69) is 12.1 Å². The molecule has 4 aromatic rings. The number of nitrogens with zero attached hydrogens (tertiary/aromatic N) is 2. The highest BCUT2D eigenvalue weighted by Crippen LogP contribution is 2.38. The van der Waals surface area contributed by atoms with Crippen molar-refractivity contribution in [1.82, 2.24) is 4.98 Å². The highest BCUT2D eigenvalue weighted by molar-refractivity contribution is 6.07. The number of nitriles is 1. The van der Waals surface area contributed by atoms with E-state index in [4.69, 9.17) is 15.0 Å². The van der Waals surface area contributed by atoms with Crippen molar-refractivity contribution in [2.24, 2.45) is 0 Å². The summed E-state index contributed by atoms with van der Waals surface area (Å²) in [4.78, 5) is 18.1. The molecule has 0 amide bonds. The average molecular weight is 432 g/mol. The molecule has 1 aliphatic rings. The molecule has 0 unspecified atom stereocenters.